The van der Waals surface area contributed by atoms with E-state index in [9.17, 15) is 19.5 Å². The fraction of sp³-hybridized carbons (Fsp3) is 0.429. The molecule has 0 aliphatic carbocycles. The van der Waals surface area contributed by atoms with Crippen LogP contribution in [0.3, 0.4) is 0 Å². The minimum atomic E-state index is -0.887. The number of hydrogen-bond donors (Lipinski definition) is 2. The molecule has 0 spiro atoms. The third kappa shape index (κ3) is 3.57. The lowest BCUT2D eigenvalue weighted by Crippen LogP contribution is -2.52. The van der Waals surface area contributed by atoms with Gasteiger partial charge in [-0.2, -0.15) is 0 Å². The SMILES string of the molecule is COc1ncc(CNC(=O)c2cn3c(c(O)c2=O)C(=O)[C@@]2(C)CCCO[C@H]2C3)cc1Cl. The maximum atomic E-state index is 13.1. The van der Waals surface area contributed by atoms with Gasteiger partial charge in [0.1, 0.15) is 16.3 Å². The summed E-state index contributed by atoms with van der Waals surface area (Å²) in [6, 6.07) is 1.59. The summed E-state index contributed by atoms with van der Waals surface area (Å²) in [5.74, 6) is -1.48. The monoisotopic (exact) mass is 447 g/mol. The predicted octanol–water partition coefficient (Wildman–Crippen LogP) is 1.92. The van der Waals surface area contributed by atoms with E-state index in [1.165, 1.54) is 24.1 Å². The van der Waals surface area contributed by atoms with Crippen LogP contribution in [0.2, 0.25) is 5.02 Å². The standard InChI is InChI=1S/C21H22ClN3O6/c1-21-4-3-5-31-14(21)10-25-9-12(16(26)17(27)15(25)18(21)28)19(29)23-7-11-6-13(22)20(30-2)24-8-11/h6,8-9,14,27H,3-5,7,10H2,1-2H3,(H,23,29)/t14-,21-/m0/s1. The number of methoxy groups -OCH3 is 1. The summed E-state index contributed by atoms with van der Waals surface area (Å²) in [6.07, 6.45) is 3.76. The van der Waals surface area contributed by atoms with Crippen molar-refractivity contribution in [2.24, 2.45) is 5.41 Å². The summed E-state index contributed by atoms with van der Waals surface area (Å²) < 4.78 is 12.2. The third-order valence-corrected chi connectivity index (χ3v) is 6.25. The number of nitrogens with zero attached hydrogens (tertiary/aromatic N) is 2. The van der Waals surface area contributed by atoms with Gasteiger partial charge < -0.3 is 24.5 Å². The smallest absolute Gasteiger partial charge is 0.257 e. The van der Waals surface area contributed by atoms with Crippen LogP contribution in [0.5, 0.6) is 11.6 Å². The van der Waals surface area contributed by atoms with Crippen molar-refractivity contribution in [3.05, 3.63) is 50.5 Å². The topological polar surface area (TPSA) is 120 Å². The summed E-state index contributed by atoms with van der Waals surface area (Å²) in [6.45, 7) is 2.66. The van der Waals surface area contributed by atoms with Gasteiger partial charge >= 0.3 is 0 Å². The van der Waals surface area contributed by atoms with Gasteiger partial charge in [-0.1, -0.05) is 11.6 Å². The zero-order valence-electron chi connectivity index (χ0n) is 17.1. The molecule has 0 saturated carbocycles. The molecule has 0 radical (unpaired) electrons. The molecular formula is C21H22ClN3O6. The van der Waals surface area contributed by atoms with Gasteiger partial charge in [0.05, 0.1) is 25.2 Å². The highest BCUT2D eigenvalue weighted by Crippen LogP contribution is 2.42. The van der Waals surface area contributed by atoms with E-state index in [2.05, 4.69) is 10.3 Å². The number of aromatic nitrogens is 2. The number of carbonyl (C=O) groups excluding carboxylic acids is 2. The van der Waals surface area contributed by atoms with E-state index < -0.39 is 22.5 Å². The average Bonchev–Trinajstić information content (AvgIpc) is 2.75. The Hall–Kier alpha value is -2.91. The van der Waals surface area contributed by atoms with Crippen molar-refractivity contribution in [3.63, 3.8) is 0 Å². The van der Waals surface area contributed by atoms with Crippen LogP contribution < -0.4 is 15.5 Å². The summed E-state index contributed by atoms with van der Waals surface area (Å²) >= 11 is 6.04. The van der Waals surface area contributed by atoms with E-state index in [0.29, 0.717) is 18.6 Å². The number of amides is 1. The van der Waals surface area contributed by atoms with E-state index in [4.69, 9.17) is 21.1 Å². The maximum absolute atomic E-state index is 13.1. The van der Waals surface area contributed by atoms with Crippen molar-refractivity contribution in [1.82, 2.24) is 14.9 Å². The number of hydrogen-bond acceptors (Lipinski definition) is 7. The first kappa shape index (κ1) is 21.3. The normalized spacial score (nSPS) is 22.4. The van der Waals surface area contributed by atoms with Crippen molar-refractivity contribution in [1.29, 1.82) is 0 Å². The molecule has 10 heteroatoms. The van der Waals surface area contributed by atoms with E-state index in [0.717, 1.165) is 6.42 Å². The quantitative estimate of drug-likeness (QED) is 0.734. The van der Waals surface area contributed by atoms with Crippen molar-refractivity contribution in [3.8, 4) is 11.6 Å². The largest absolute Gasteiger partial charge is 0.503 e. The van der Waals surface area contributed by atoms with Crippen molar-refractivity contribution >= 4 is 23.3 Å². The summed E-state index contributed by atoms with van der Waals surface area (Å²) in [5, 5.41) is 13.4. The molecule has 0 bridgehead atoms. The third-order valence-electron chi connectivity index (χ3n) is 5.98. The second kappa shape index (κ2) is 7.97. The Kier molecular flexibility index (Phi) is 5.49. The Labute approximate surface area is 182 Å². The Balaban J connectivity index is 1.61. The molecular weight excluding hydrogens is 426 g/mol. The van der Waals surface area contributed by atoms with E-state index in [1.54, 1.807) is 13.0 Å². The number of carbonyl (C=O) groups is 2. The van der Waals surface area contributed by atoms with Gasteiger partial charge in [-0.3, -0.25) is 14.4 Å². The molecule has 9 nitrogen and oxygen atoms in total. The fourth-order valence-corrected chi connectivity index (χ4v) is 4.42. The Morgan fingerprint density at radius 3 is 2.97 bits per heavy atom. The number of rotatable bonds is 4. The summed E-state index contributed by atoms with van der Waals surface area (Å²) in [7, 11) is 1.44. The first-order chi connectivity index (χ1) is 14.8. The molecule has 1 amide bonds. The molecule has 2 aliphatic heterocycles. The summed E-state index contributed by atoms with van der Waals surface area (Å²) in [4.78, 5) is 42.5. The molecule has 2 aromatic heterocycles. The number of ether oxygens (including phenoxy) is 2. The average molecular weight is 448 g/mol. The van der Waals surface area contributed by atoms with Gasteiger partial charge in [0.25, 0.3) is 5.91 Å². The number of fused-ring (bicyclic) bond motifs is 2. The number of nitrogens with one attached hydrogen (secondary N) is 1. The highest BCUT2D eigenvalue weighted by molar-refractivity contribution is 6.31. The van der Waals surface area contributed by atoms with Crippen LogP contribution in [0, 0.1) is 5.41 Å². The highest BCUT2D eigenvalue weighted by atomic mass is 35.5. The van der Waals surface area contributed by atoms with Gasteiger partial charge in [0.15, 0.2) is 11.5 Å². The Morgan fingerprint density at radius 2 is 2.26 bits per heavy atom. The molecule has 2 atom stereocenters. The lowest BCUT2D eigenvalue weighted by molar-refractivity contribution is -0.0740. The molecule has 2 aromatic rings. The van der Waals surface area contributed by atoms with Gasteiger partial charge in [0, 0.05) is 25.5 Å². The van der Waals surface area contributed by atoms with E-state index in [1.807, 2.05) is 0 Å². The lowest BCUT2D eigenvalue weighted by atomic mass is 9.71. The Bertz CT molecular complexity index is 1130. The first-order valence-corrected chi connectivity index (χ1v) is 10.2. The maximum Gasteiger partial charge on any atom is 0.257 e. The molecule has 4 heterocycles. The van der Waals surface area contributed by atoms with E-state index in [-0.39, 0.29) is 47.1 Å². The molecule has 1 saturated heterocycles. The van der Waals surface area contributed by atoms with Gasteiger partial charge in [0.2, 0.25) is 11.3 Å². The molecule has 31 heavy (non-hydrogen) atoms. The van der Waals surface area contributed by atoms with Gasteiger partial charge in [-0.15, -0.1) is 0 Å². The second-order valence-corrected chi connectivity index (χ2v) is 8.36. The zero-order valence-corrected chi connectivity index (χ0v) is 17.9. The van der Waals surface area contributed by atoms with E-state index >= 15 is 0 Å². The minimum absolute atomic E-state index is 0.0558. The van der Waals surface area contributed by atoms with Gasteiger partial charge in [-0.25, -0.2) is 4.98 Å². The predicted molar refractivity (Wildman–Crippen MR) is 111 cm³/mol. The van der Waals surface area contributed by atoms with Crippen LogP contribution >= 0.6 is 11.6 Å². The van der Waals surface area contributed by atoms with Crippen LogP contribution in [0.15, 0.2) is 23.3 Å². The molecule has 2 N–H and O–H groups in total. The highest BCUT2D eigenvalue weighted by Gasteiger charge is 2.49. The van der Waals surface area contributed by atoms with Crippen molar-refractivity contribution in [2.45, 2.75) is 39.0 Å². The van der Waals surface area contributed by atoms with Crippen LogP contribution in [0.1, 0.15) is 46.2 Å². The van der Waals surface area contributed by atoms with Crippen molar-refractivity contribution < 1.29 is 24.2 Å². The van der Waals surface area contributed by atoms with Crippen LogP contribution in [-0.2, 0) is 17.8 Å². The Morgan fingerprint density at radius 1 is 1.48 bits per heavy atom. The van der Waals surface area contributed by atoms with Crippen LogP contribution in [-0.4, -0.2) is 46.2 Å². The lowest BCUT2D eigenvalue weighted by Gasteiger charge is -2.44. The molecule has 2 aliphatic rings. The fourth-order valence-electron chi connectivity index (χ4n) is 4.16. The molecule has 164 valence electrons. The first-order valence-electron chi connectivity index (χ1n) is 9.85. The second-order valence-electron chi connectivity index (χ2n) is 7.95. The molecule has 0 unspecified atom stereocenters. The van der Waals surface area contributed by atoms with Crippen LogP contribution in [0.25, 0.3) is 0 Å². The number of ketones is 1. The van der Waals surface area contributed by atoms with Crippen LogP contribution in [0.4, 0.5) is 0 Å². The molecule has 4 rings (SSSR count). The number of pyridine rings is 2. The number of Topliss-reactive ketones (excluding diaryl/α,β-unsaturated/α-hetero) is 1. The molecule has 0 aromatic carbocycles. The minimum Gasteiger partial charge on any atom is -0.503 e. The zero-order chi connectivity index (χ0) is 22.3. The molecule has 1 fully saturated rings. The number of halogens is 1. The van der Waals surface area contributed by atoms with Gasteiger partial charge in [-0.05, 0) is 31.4 Å². The summed E-state index contributed by atoms with van der Waals surface area (Å²) in [5.41, 5.74) is -1.42. The number of aromatic hydroxyl groups is 1. The van der Waals surface area contributed by atoms with Crippen molar-refractivity contribution in [2.75, 3.05) is 13.7 Å².